The second-order valence-corrected chi connectivity index (χ2v) is 3.59. The van der Waals surface area contributed by atoms with Gasteiger partial charge in [0, 0.05) is 0 Å². The van der Waals surface area contributed by atoms with Crippen molar-refractivity contribution >= 4 is 0 Å². The molecule has 0 aliphatic heterocycles. The maximum Gasteiger partial charge on any atom is 0.416 e. The van der Waals surface area contributed by atoms with Crippen molar-refractivity contribution in [1.82, 2.24) is 0 Å². The molecule has 0 aliphatic rings. The number of rotatable bonds is 2. The Morgan fingerprint density at radius 3 is 2.00 bits per heavy atom. The molecule has 1 aromatic rings. The van der Waals surface area contributed by atoms with Gasteiger partial charge >= 0.3 is 6.18 Å². The number of ether oxygens (including phenoxy) is 1. The molecule has 0 saturated heterocycles. The van der Waals surface area contributed by atoms with E-state index in [1.54, 1.807) is 6.92 Å². The molecule has 0 N–H and O–H groups in total. The molecule has 1 nitrogen and oxygen atoms in total. The smallest absolute Gasteiger partial charge is 0.416 e. The molecule has 0 aliphatic carbocycles. The quantitative estimate of drug-likeness (QED) is 0.737. The van der Waals surface area contributed by atoms with Crippen LogP contribution in [0.1, 0.15) is 38.3 Å². The Labute approximate surface area is 101 Å². The predicted octanol–water partition coefficient (Wildman–Crippen LogP) is 4.69. The first kappa shape index (κ1) is 15.8. The summed E-state index contributed by atoms with van der Waals surface area (Å²) in [6.07, 6.45) is -2.51. The fraction of sp³-hybridized carbons (Fsp3) is 0.538. The van der Waals surface area contributed by atoms with E-state index in [-0.39, 0.29) is 0 Å². The van der Waals surface area contributed by atoms with Crippen LogP contribution in [0.4, 0.5) is 13.2 Å². The zero-order chi connectivity index (χ0) is 13.5. The number of methoxy groups -OCH3 is 1. The minimum Gasteiger partial charge on any atom is -0.496 e. The van der Waals surface area contributed by atoms with E-state index in [0.717, 1.165) is 12.1 Å². The van der Waals surface area contributed by atoms with Crippen molar-refractivity contribution in [1.29, 1.82) is 0 Å². The summed E-state index contributed by atoms with van der Waals surface area (Å²) in [5.41, 5.74) is -0.0579. The third-order valence-corrected chi connectivity index (χ3v) is 1.99. The molecule has 0 amide bonds. The van der Waals surface area contributed by atoms with Gasteiger partial charge in [0.1, 0.15) is 5.75 Å². The van der Waals surface area contributed by atoms with Gasteiger partial charge in [0.2, 0.25) is 0 Å². The van der Waals surface area contributed by atoms with Crippen LogP contribution in [0.25, 0.3) is 0 Å². The third-order valence-electron chi connectivity index (χ3n) is 1.99. The van der Waals surface area contributed by atoms with E-state index < -0.39 is 11.7 Å². The van der Waals surface area contributed by atoms with Gasteiger partial charge in [-0.3, -0.25) is 0 Å². The molecule has 0 aromatic heterocycles. The Bertz CT molecular complexity index is 332. The second kappa shape index (κ2) is 7.20. The zero-order valence-electron chi connectivity index (χ0n) is 10.7. The standard InChI is InChI=1S/C10H11F3O.C3H8/c1-3-7-6-8(10(11,12)13)4-5-9(7)14-2;1-3-2/h4-6H,3H2,1-2H3;3H2,1-2H3. The average Bonchev–Trinajstić information content (AvgIpc) is 2.28. The van der Waals surface area contributed by atoms with Gasteiger partial charge in [0.15, 0.2) is 0 Å². The summed E-state index contributed by atoms with van der Waals surface area (Å²) < 4.78 is 41.8. The molecular weight excluding hydrogens is 229 g/mol. The molecule has 4 heteroatoms. The van der Waals surface area contributed by atoms with Crippen LogP contribution in [-0.2, 0) is 12.6 Å². The summed E-state index contributed by atoms with van der Waals surface area (Å²) in [6.45, 7) is 6.04. The van der Waals surface area contributed by atoms with Crippen LogP contribution in [0.15, 0.2) is 18.2 Å². The molecule has 1 rings (SSSR count). The van der Waals surface area contributed by atoms with E-state index in [2.05, 4.69) is 13.8 Å². The summed E-state index contributed by atoms with van der Waals surface area (Å²) in [5, 5.41) is 0. The van der Waals surface area contributed by atoms with Gasteiger partial charge in [-0.2, -0.15) is 13.2 Å². The lowest BCUT2D eigenvalue weighted by atomic mass is 10.1. The monoisotopic (exact) mass is 248 g/mol. The lowest BCUT2D eigenvalue weighted by Crippen LogP contribution is -2.05. The number of hydrogen-bond donors (Lipinski definition) is 0. The van der Waals surface area contributed by atoms with Crippen LogP contribution >= 0.6 is 0 Å². The zero-order valence-corrected chi connectivity index (χ0v) is 10.7. The first-order chi connectivity index (χ1) is 7.90. The Balaban J connectivity index is 0.000000770. The molecule has 0 atom stereocenters. The molecule has 0 saturated carbocycles. The summed E-state index contributed by atoms with van der Waals surface area (Å²) >= 11 is 0. The largest absolute Gasteiger partial charge is 0.496 e. The normalized spacial score (nSPS) is 10.5. The van der Waals surface area contributed by atoms with E-state index in [4.69, 9.17) is 4.74 Å². The molecule has 98 valence electrons. The molecule has 17 heavy (non-hydrogen) atoms. The summed E-state index contributed by atoms with van der Waals surface area (Å²) in [6, 6.07) is 3.50. The molecular formula is C13H19F3O. The van der Waals surface area contributed by atoms with Gasteiger partial charge < -0.3 is 4.74 Å². The van der Waals surface area contributed by atoms with Crippen LogP contribution < -0.4 is 4.74 Å². The van der Waals surface area contributed by atoms with Crippen molar-refractivity contribution in [2.24, 2.45) is 0 Å². The molecule has 0 fully saturated rings. The summed E-state index contributed by atoms with van der Waals surface area (Å²) in [5.74, 6) is 0.500. The van der Waals surface area contributed by atoms with E-state index in [0.29, 0.717) is 17.7 Å². The number of alkyl halides is 3. The first-order valence-electron chi connectivity index (χ1n) is 5.64. The molecule has 0 unspecified atom stereocenters. The van der Waals surface area contributed by atoms with Crippen molar-refractivity contribution in [3.63, 3.8) is 0 Å². The van der Waals surface area contributed by atoms with Crippen molar-refractivity contribution in [2.45, 2.75) is 39.8 Å². The van der Waals surface area contributed by atoms with Crippen molar-refractivity contribution in [3.8, 4) is 5.75 Å². The van der Waals surface area contributed by atoms with E-state index in [9.17, 15) is 13.2 Å². The van der Waals surface area contributed by atoms with E-state index in [1.807, 2.05) is 0 Å². The number of benzene rings is 1. The van der Waals surface area contributed by atoms with Crippen LogP contribution in [0, 0.1) is 0 Å². The highest BCUT2D eigenvalue weighted by atomic mass is 19.4. The second-order valence-electron chi connectivity index (χ2n) is 3.59. The van der Waals surface area contributed by atoms with Crippen molar-refractivity contribution in [3.05, 3.63) is 29.3 Å². The molecule has 0 bridgehead atoms. The highest BCUT2D eigenvalue weighted by molar-refractivity contribution is 5.38. The van der Waals surface area contributed by atoms with Crippen LogP contribution in [0.5, 0.6) is 5.75 Å². The Kier molecular flexibility index (Phi) is 6.69. The van der Waals surface area contributed by atoms with Crippen molar-refractivity contribution < 1.29 is 17.9 Å². The van der Waals surface area contributed by atoms with E-state index in [1.165, 1.54) is 19.6 Å². The van der Waals surface area contributed by atoms with Gasteiger partial charge in [-0.15, -0.1) is 0 Å². The van der Waals surface area contributed by atoms with Gasteiger partial charge in [-0.05, 0) is 30.2 Å². The summed E-state index contributed by atoms with van der Waals surface area (Å²) in [7, 11) is 1.45. The Hall–Kier alpha value is -1.19. The van der Waals surface area contributed by atoms with Crippen LogP contribution in [0.2, 0.25) is 0 Å². The topological polar surface area (TPSA) is 9.23 Å². The fourth-order valence-electron chi connectivity index (χ4n) is 1.23. The Morgan fingerprint density at radius 2 is 1.65 bits per heavy atom. The predicted molar refractivity (Wildman–Crippen MR) is 63.3 cm³/mol. The third kappa shape index (κ3) is 5.11. The SMILES string of the molecule is CCC.CCc1cc(C(F)(F)F)ccc1OC. The summed E-state index contributed by atoms with van der Waals surface area (Å²) in [4.78, 5) is 0. The highest BCUT2D eigenvalue weighted by Gasteiger charge is 2.30. The maximum absolute atomic E-state index is 12.3. The number of halogens is 3. The average molecular weight is 248 g/mol. The minimum atomic E-state index is -4.28. The maximum atomic E-state index is 12.3. The van der Waals surface area contributed by atoms with Gasteiger partial charge in [-0.25, -0.2) is 0 Å². The lowest BCUT2D eigenvalue weighted by Gasteiger charge is -2.11. The highest BCUT2D eigenvalue weighted by Crippen LogP contribution is 2.32. The van der Waals surface area contributed by atoms with Gasteiger partial charge in [-0.1, -0.05) is 27.2 Å². The first-order valence-corrected chi connectivity index (χ1v) is 5.64. The molecule has 0 radical (unpaired) electrons. The molecule has 0 spiro atoms. The minimum absolute atomic E-state index is 0.500. The number of aryl methyl sites for hydroxylation is 1. The van der Waals surface area contributed by atoms with E-state index >= 15 is 0 Å². The lowest BCUT2D eigenvalue weighted by molar-refractivity contribution is -0.137. The Morgan fingerprint density at radius 1 is 1.12 bits per heavy atom. The van der Waals surface area contributed by atoms with Crippen LogP contribution in [0.3, 0.4) is 0 Å². The molecule has 0 heterocycles. The van der Waals surface area contributed by atoms with Crippen molar-refractivity contribution in [2.75, 3.05) is 7.11 Å². The van der Waals surface area contributed by atoms with Gasteiger partial charge in [0.05, 0.1) is 12.7 Å². The fourth-order valence-corrected chi connectivity index (χ4v) is 1.23. The van der Waals surface area contributed by atoms with Gasteiger partial charge in [0.25, 0.3) is 0 Å². The van der Waals surface area contributed by atoms with Crippen LogP contribution in [-0.4, -0.2) is 7.11 Å². The molecule has 1 aromatic carbocycles. The number of hydrogen-bond acceptors (Lipinski definition) is 1.